The van der Waals surface area contributed by atoms with E-state index in [-0.39, 0.29) is 16.4 Å². The molecular formula is C24H31N3O5S. The molecule has 0 spiro atoms. The average molecular weight is 474 g/mol. The Morgan fingerprint density at radius 3 is 2.45 bits per heavy atom. The SMILES string of the molecule is COc1ccc(S(=O)(=O)N2CCCCCC2)cc1NC(=O)c1[nH]c(C)c2c1CCCCC2=O. The Hall–Kier alpha value is -2.65. The molecule has 2 N–H and O–H groups in total. The average Bonchev–Trinajstić information content (AvgIpc) is 2.99. The van der Waals surface area contributed by atoms with Crippen molar-refractivity contribution >= 4 is 27.4 Å². The molecule has 1 aromatic heterocycles. The van der Waals surface area contributed by atoms with Crippen LogP contribution in [-0.4, -0.2) is 49.6 Å². The van der Waals surface area contributed by atoms with Crippen molar-refractivity contribution in [3.63, 3.8) is 0 Å². The molecule has 2 aliphatic rings. The summed E-state index contributed by atoms with van der Waals surface area (Å²) < 4.78 is 33.4. The van der Waals surface area contributed by atoms with E-state index in [2.05, 4.69) is 10.3 Å². The molecule has 2 aromatic rings. The molecule has 8 nitrogen and oxygen atoms in total. The number of amides is 1. The van der Waals surface area contributed by atoms with Gasteiger partial charge in [0.05, 0.1) is 17.7 Å². The molecule has 178 valence electrons. The molecule has 2 heterocycles. The van der Waals surface area contributed by atoms with E-state index in [1.165, 1.54) is 23.5 Å². The summed E-state index contributed by atoms with van der Waals surface area (Å²) in [6.07, 6.45) is 6.51. The predicted molar refractivity (Wildman–Crippen MR) is 126 cm³/mol. The highest BCUT2D eigenvalue weighted by Gasteiger charge is 2.28. The van der Waals surface area contributed by atoms with Crippen molar-refractivity contribution in [2.24, 2.45) is 0 Å². The molecule has 0 atom stereocenters. The quantitative estimate of drug-likeness (QED) is 0.637. The van der Waals surface area contributed by atoms with E-state index in [0.717, 1.165) is 44.1 Å². The first-order chi connectivity index (χ1) is 15.8. The van der Waals surface area contributed by atoms with Gasteiger partial charge in [-0.3, -0.25) is 9.59 Å². The molecule has 1 fully saturated rings. The van der Waals surface area contributed by atoms with Crippen molar-refractivity contribution < 1.29 is 22.7 Å². The molecule has 9 heteroatoms. The first kappa shape index (κ1) is 23.5. The minimum Gasteiger partial charge on any atom is -0.495 e. The topological polar surface area (TPSA) is 109 Å². The van der Waals surface area contributed by atoms with Crippen molar-refractivity contribution in [3.05, 3.63) is 40.7 Å². The zero-order valence-corrected chi connectivity index (χ0v) is 20.0. The van der Waals surface area contributed by atoms with Gasteiger partial charge in [0.2, 0.25) is 10.0 Å². The van der Waals surface area contributed by atoms with Crippen LogP contribution in [0.2, 0.25) is 0 Å². The minimum atomic E-state index is -3.68. The molecule has 1 aliphatic heterocycles. The summed E-state index contributed by atoms with van der Waals surface area (Å²) >= 11 is 0. The molecule has 33 heavy (non-hydrogen) atoms. The van der Waals surface area contributed by atoms with Gasteiger partial charge in [-0.1, -0.05) is 12.8 Å². The number of ether oxygens (including phenoxy) is 1. The number of aryl methyl sites for hydroxylation is 1. The number of fused-ring (bicyclic) bond motifs is 1. The first-order valence-electron chi connectivity index (χ1n) is 11.6. The second-order valence-corrected chi connectivity index (χ2v) is 10.7. The lowest BCUT2D eigenvalue weighted by atomic mass is 10.0. The highest BCUT2D eigenvalue weighted by molar-refractivity contribution is 7.89. The Kier molecular flexibility index (Phi) is 6.90. The number of H-pyrrole nitrogens is 1. The zero-order chi connectivity index (χ0) is 23.6. The minimum absolute atomic E-state index is 0.0541. The number of rotatable bonds is 5. The smallest absolute Gasteiger partial charge is 0.272 e. The predicted octanol–water partition coefficient (Wildman–Crippen LogP) is 4.06. The van der Waals surface area contributed by atoms with Crippen LogP contribution in [0.5, 0.6) is 5.75 Å². The number of aromatic amines is 1. The highest BCUT2D eigenvalue weighted by Crippen LogP contribution is 2.32. The molecule has 1 aromatic carbocycles. The maximum absolute atomic E-state index is 13.2. The Labute approximate surface area is 194 Å². The zero-order valence-electron chi connectivity index (χ0n) is 19.2. The lowest BCUT2D eigenvalue weighted by Crippen LogP contribution is -2.32. The van der Waals surface area contributed by atoms with Gasteiger partial charge in [-0.15, -0.1) is 0 Å². The molecule has 1 aliphatic carbocycles. The van der Waals surface area contributed by atoms with E-state index < -0.39 is 15.9 Å². The number of benzene rings is 1. The second-order valence-electron chi connectivity index (χ2n) is 8.74. The van der Waals surface area contributed by atoms with Crippen molar-refractivity contribution in [2.75, 3.05) is 25.5 Å². The second kappa shape index (κ2) is 9.69. The summed E-state index contributed by atoms with van der Waals surface area (Å²) in [4.78, 5) is 28.9. The number of aromatic nitrogens is 1. The maximum Gasteiger partial charge on any atom is 0.272 e. The Bertz CT molecular complexity index is 1160. The van der Waals surface area contributed by atoms with E-state index in [1.807, 2.05) is 0 Å². The molecule has 0 saturated carbocycles. The van der Waals surface area contributed by atoms with Gasteiger partial charge < -0.3 is 15.0 Å². The van der Waals surface area contributed by atoms with E-state index in [0.29, 0.717) is 48.6 Å². The summed E-state index contributed by atoms with van der Waals surface area (Å²) in [5, 5.41) is 2.81. The summed E-state index contributed by atoms with van der Waals surface area (Å²) in [5.41, 5.74) is 2.66. The van der Waals surface area contributed by atoms with Crippen LogP contribution >= 0.6 is 0 Å². The van der Waals surface area contributed by atoms with E-state index >= 15 is 0 Å². The molecule has 1 amide bonds. The third-order valence-electron chi connectivity index (χ3n) is 6.50. The number of nitrogens with one attached hydrogen (secondary N) is 2. The van der Waals surface area contributed by atoms with Crippen LogP contribution in [0.4, 0.5) is 5.69 Å². The van der Waals surface area contributed by atoms with Crippen LogP contribution in [-0.2, 0) is 16.4 Å². The Balaban J connectivity index is 1.65. The Morgan fingerprint density at radius 2 is 1.76 bits per heavy atom. The molecule has 1 saturated heterocycles. The van der Waals surface area contributed by atoms with Gasteiger partial charge in [0.15, 0.2) is 5.78 Å². The van der Waals surface area contributed by atoms with Gasteiger partial charge in [-0.25, -0.2) is 8.42 Å². The molecular weight excluding hydrogens is 442 g/mol. The number of anilines is 1. The molecule has 0 unspecified atom stereocenters. The number of sulfonamides is 1. The van der Waals surface area contributed by atoms with Crippen molar-refractivity contribution in [1.82, 2.24) is 9.29 Å². The van der Waals surface area contributed by atoms with Gasteiger partial charge in [0, 0.05) is 30.8 Å². The van der Waals surface area contributed by atoms with Gasteiger partial charge in [-0.05, 0) is 62.8 Å². The van der Waals surface area contributed by atoms with Crippen LogP contribution in [0.3, 0.4) is 0 Å². The van der Waals surface area contributed by atoms with Gasteiger partial charge in [0.25, 0.3) is 5.91 Å². The van der Waals surface area contributed by atoms with Crippen LogP contribution < -0.4 is 10.1 Å². The van der Waals surface area contributed by atoms with Gasteiger partial charge >= 0.3 is 0 Å². The number of methoxy groups -OCH3 is 1. The van der Waals surface area contributed by atoms with Crippen LogP contribution in [0.15, 0.2) is 23.1 Å². The van der Waals surface area contributed by atoms with Crippen LogP contribution in [0.25, 0.3) is 0 Å². The van der Waals surface area contributed by atoms with E-state index in [1.54, 1.807) is 13.0 Å². The maximum atomic E-state index is 13.2. The van der Waals surface area contributed by atoms with E-state index in [9.17, 15) is 18.0 Å². The fourth-order valence-corrected chi connectivity index (χ4v) is 6.32. The van der Waals surface area contributed by atoms with Gasteiger partial charge in [0.1, 0.15) is 11.4 Å². The van der Waals surface area contributed by atoms with Crippen molar-refractivity contribution in [1.29, 1.82) is 0 Å². The summed E-state index contributed by atoms with van der Waals surface area (Å²) in [7, 11) is -2.21. The Morgan fingerprint density at radius 1 is 1.06 bits per heavy atom. The lowest BCUT2D eigenvalue weighted by Gasteiger charge is -2.21. The third kappa shape index (κ3) is 4.70. The molecule has 0 bridgehead atoms. The lowest BCUT2D eigenvalue weighted by molar-refractivity contribution is 0.0980. The summed E-state index contributed by atoms with van der Waals surface area (Å²) in [6, 6.07) is 4.53. The number of Topliss-reactive ketones (excluding diaryl/α,β-unsaturated/α-hetero) is 1. The number of carbonyl (C=O) groups is 2. The highest BCUT2D eigenvalue weighted by atomic mass is 32.2. The fraction of sp³-hybridized carbons (Fsp3) is 0.500. The number of carbonyl (C=O) groups excluding carboxylic acids is 2. The number of nitrogens with zero attached hydrogens (tertiary/aromatic N) is 1. The van der Waals surface area contributed by atoms with Crippen molar-refractivity contribution in [3.8, 4) is 5.75 Å². The number of hydrogen-bond donors (Lipinski definition) is 2. The third-order valence-corrected chi connectivity index (χ3v) is 8.39. The molecule has 4 rings (SSSR count). The monoisotopic (exact) mass is 473 g/mol. The summed E-state index contributed by atoms with van der Waals surface area (Å²) in [5.74, 6) is -0.00120. The van der Waals surface area contributed by atoms with Crippen LogP contribution in [0.1, 0.15) is 77.0 Å². The largest absolute Gasteiger partial charge is 0.495 e. The normalized spacial score (nSPS) is 17.7. The first-order valence-corrected chi connectivity index (χ1v) is 13.0. The van der Waals surface area contributed by atoms with Crippen molar-refractivity contribution in [2.45, 2.75) is 63.2 Å². The standard InChI is InChI=1S/C24H31N3O5S/c1-16-22-18(9-5-6-10-20(22)28)23(25-16)24(29)26-19-15-17(11-12-21(19)32-2)33(30,31)27-13-7-3-4-8-14-27/h11-12,15,25H,3-10,13-14H2,1-2H3,(H,26,29). The number of hydrogen-bond acceptors (Lipinski definition) is 5. The van der Waals surface area contributed by atoms with Gasteiger partial charge in [-0.2, -0.15) is 4.31 Å². The van der Waals surface area contributed by atoms with Crippen LogP contribution in [0, 0.1) is 6.92 Å². The molecule has 0 radical (unpaired) electrons. The summed E-state index contributed by atoms with van der Waals surface area (Å²) in [6.45, 7) is 2.80. The fourth-order valence-electron chi connectivity index (χ4n) is 4.77. The number of ketones is 1. The van der Waals surface area contributed by atoms with E-state index in [4.69, 9.17) is 4.74 Å².